The largest absolute Gasteiger partial charge is 0.469 e. The quantitative estimate of drug-likeness (QED) is 0.849. The van der Waals surface area contributed by atoms with E-state index in [1.807, 2.05) is 17.0 Å². The molecule has 1 aliphatic heterocycles. The number of carbonyl (C=O) groups is 1. The van der Waals surface area contributed by atoms with Crippen LogP contribution in [0, 0.1) is 11.7 Å². The number of nitrogens with zero attached hydrogens (tertiary/aromatic N) is 1. The highest BCUT2D eigenvalue weighted by molar-refractivity contribution is 5.72. The number of piperidine rings is 1. The predicted octanol–water partition coefficient (Wildman–Crippen LogP) is 2.71. The van der Waals surface area contributed by atoms with Gasteiger partial charge in [-0.25, -0.2) is 4.39 Å². The number of hydrogen-bond acceptors (Lipinski definition) is 4. The normalized spacial score (nSPS) is 16.1. The first-order chi connectivity index (χ1) is 10.5. The van der Waals surface area contributed by atoms with Crippen LogP contribution in [0.15, 0.2) is 18.2 Å². The summed E-state index contributed by atoms with van der Waals surface area (Å²) in [5, 5.41) is 3.34. The van der Waals surface area contributed by atoms with Crippen molar-refractivity contribution in [2.24, 2.45) is 5.92 Å². The molecule has 122 valence electrons. The van der Waals surface area contributed by atoms with E-state index in [4.69, 9.17) is 4.74 Å². The average Bonchev–Trinajstić information content (AvgIpc) is 2.53. The van der Waals surface area contributed by atoms with E-state index < -0.39 is 0 Å². The number of methoxy groups -OCH3 is 1. The second-order valence-corrected chi connectivity index (χ2v) is 6.11. The first-order valence-corrected chi connectivity index (χ1v) is 7.86. The molecule has 0 radical (unpaired) electrons. The number of benzene rings is 1. The molecule has 1 N–H and O–H groups in total. The van der Waals surface area contributed by atoms with Crippen LogP contribution in [0.3, 0.4) is 0 Å². The van der Waals surface area contributed by atoms with E-state index in [9.17, 15) is 9.18 Å². The molecular formula is C17H25FN2O2. The van der Waals surface area contributed by atoms with Crippen molar-refractivity contribution in [1.82, 2.24) is 5.32 Å². The highest BCUT2D eigenvalue weighted by Gasteiger charge is 2.26. The number of hydrogen-bond donors (Lipinski definition) is 1. The number of ether oxygens (including phenoxy) is 1. The van der Waals surface area contributed by atoms with Crippen LogP contribution in [-0.2, 0) is 16.1 Å². The first kappa shape index (κ1) is 16.7. The average molecular weight is 308 g/mol. The molecule has 0 unspecified atom stereocenters. The summed E-state index contributed by atoms with van der Waals surface area (Å²) in [7, 11) is 1.42. The fraction of sp³-hybridized carbons (Fsp3) is 0.588. The SMILES string of the molecule is COC(=O)C1CCN(c2cc(CNC(C)C)ccc2F)CC1. The van der Waals surface area contributed by atoms with E-state index in [2.05, 4.69) is 19.2 Å². The minimum atomic E-state index is -0.204. The van der Waals surface area contributed by atoms with Gasteiger partial charge in [0.25, 0.3) is 0 Å². The van der Waals surface area contributed by atoms with Gasteiger partial charge in [0.05, 0.1) is 18.7 Å². The highest BCUT2D eigenvalue weighted by atomic mass is 19.1. The molecule has 1 heterocycles. The predicted molar refractivity (Wildman–Crippen MR) is 85.3 cm³/mol. The van der Waals surface area contributed by atoms with Crippen molar-refractivity contribution in [3.63, 3.8) is 0 Å². The summed E-state index contributed by atoms with van der Waals surface area (Å²) in [6.45, 7) is 6.25. The fourth-order valence-electron chi connectivity index (χ4n) is 2.76. The van der Waals surface area contributed by atoms with Crippen LogP contribution < -0.4 is 10.2 Å². The van der Waals surface area contributed by atoms with Gasteiger partial charge in [-0.2, -0.15) is 0 Å². The van der Waals surface area contributed by atoms with Gasteiger partial charge in [-0.05, 0) is 30.5 Å². The van der Waals surface area contributed by atoms with Crippen LogP contribution in [0.25, 0.3) is 0 Å². The van der Waals surface area contributed by atoms with E-state index >= 15 is 0 Å². The maximum atomic E-state index is 14.1. The van der Waals surface area contributed by atoms with Crippen molar-refractivity contribution >= 4 is 11.7 Å². The fourth-order valence-corrected chi connectivity index (χ4v) is 2.76. The molecule has 22 heavy (non-hydrogen) atoms. The van der Waals surface area contributed by atoms with E-state index in [0.29, 0.717) is 37.7 Å². The van der Waals surface area contributed by atoms with Crippen molar-refractivity contribution in [2.45, 2.75) is 39.3 Å². The lowest BCUT2D eigenvalue weighted by Gasteiger charge is -2.32. The number of esters is 1. The maximum Gasteiger partial charge on any atom is 0.308 e. The summed E-state index contributed by atoms with van der Waals surface area (Å²) in [4.78, 5) is 13.6. The minimum absolute atomic E-state index is 0.0601. The lowest BCUT2D eigenvalue weighted by Crippen LogP contribution is -2.37. The summed E-state index contributed by atoms with van der Waals surface area (Å²) in [6, 6.07) is 5.64. The number of halogens is 1. The summed E-state index contributed by atoms with van der Waals surface area (Å²) in [5.41, 5.74) is 1.70. The third kappa shape index (κ3) is 4.19. The molecule has 0 saturated carbocycles. The molecule has 0 atom stereocenters. The molecule has 0 aliphatic carbocycles. The zero-order chi connectivity index (χ0) is 16.1. The molecule has 1 fully saturated rings. The Bertz CT molecular complexity index is 511. The molecule has 0 bridgehead atoms. The van der Waals surface area contributed by atoms with Gasteiger partial charge in [0.15, 0.2) is 0 Å². The number of rotatable bonds is 5. The molecule has 1 aliphatic rings. The van der Waals surface area contributed by atoms with Crippen molar-refractivity contribution in [1.29, 1.82) is 0 Å². The lowest BCUT2D eigenvalue weighted by atomic mass is 9.96. The molecule has 5 heteroatoms. The van der Waals surface area contributed by atoms with Gasteiger partial charge in [-0.15, -0.1) is 0 Å². The molecule has 0 aromatic heterocycles. The summed E-state index contributed by atoms with van der Waals surface area (Å²) in [5.74, 6) is -0.421. The van der Waals surface area contributed by atoms with Gasteiger partial charge in [-0.3, -0.25) is 4.79 Å². The van der Waals surface area contributed by atoms with Crippen molar-refractivity contribution in [2.75, 3.05) is 25.1 Å². The van der Waals surface area contributed by atoms with Crippen LogP contribution in [0.5, 0.6) is 0 Å². The van der Waals surface area contributed by atoms with Crippen LogP contribution in [0.2, 0.25) is 0 Å². The Labute approximate surface area is 131 Å². The third-order valence-electron chi connectivity index (χ3n) is 4.10. The summed E-state index contributed by atoms with van der Waals surface area (Å²) < 4.78 is 18.9. The van der Waals surface area contributed by atoms with Crippen LogP contribution in [0.4, 0.5) is 10.1 Å². The summed E-state index contributed by atoms with van der Waals surface area (Å²) >= 11 is 0. The van der Waals surface area contributed by atoms with Gasteiger partial charge >= 0.3 is 5.97 Å². The lowest BCUT2D eigenvalue weighted by molar-refractivity contribution is -0.146. The molecular weight excluding hydrogens is 283 g/mol. The Hall–Kier alpha value is -1.62. The second-order valence-electron chi connectivity index (χ2n) is 6.11. The van der Waals surface area contributed by atoms with Gasteiger partial charge < -0.3 is 15.0 Å². The maximum absolute atomic E-state index is 14.1. The highest BCUT2D eigenvalue weighted by Crippen LogP contribution is 2.27. The Morgan fingerprint density at radius 1 is 1.41 bits per heavy atom. The van der Waals surface area contributed by atoms with Crippen LogP contribution in [-0.4, -0.2) is 32.2 Å². The van der Waals surface area contributed by atoms with Crippen molar-refractivity contribution < 1.29 is 13.9 Å². The Morgan fingerprint density at radius 3 is 2.68 bits per heavy atom. The topological polar surface area (TPSA) is 41.6 Å². The zero-order valence-corrected chi connectivity index (χ0v) is 13.6. The molecule has 0 spiro atoms. The molecule has 1 saturated heterocycles. The minimum Gasteiger partial charge on any atom is -0.469 e. The molecule has 4 nitrogen and oxygen atoms in total. The molecule has 1 aromatic rings. The molecule has 0 amide bonds. The monoisotopic (exact) mass is 308 g/mol. The summed E-state index contributed by atoms with van der Waals surface area (Å²) in [6.07, 6.45) is 1.42. The van der Waals surface area contributed by atoms with Gasteiger partial charge in [-0.1, -0.05) is 19.9 Å². The zero-order valence-electron chi connectivity index (χ0n) is 13.6. The molecule has 2 rings (SSSR count). The van der Waals surface area contributed by atoms with Crippen molar-refractivity contribution in [3.05, 3.63) is 29.6 Å². The standard InChI is InChI=1S/C17H25FN2O2/c1-12(2)19-11-13-4-5-15(18)16(10-13)20-8-6-14(7-9-20)17(21)22-3/h4-5,10,12,14,19H,6-9,11H2,1-3H3. The van der Waals surface area contributed by atoms with Crippen LogP contribution >= 0.6 is 0 Å². The third-order valence-corrected chi connectivity index (χ3v) is 4.10. The Balaban J connectivity index is 2.03. The van der Waals surface area contributed by atoms with Crippen LogP contribution in [0.1, 0.15) is 32.3 Å². The van der Waals surface area contributed by atoms with E-state index in [1.165, 1.54) is 13.2 Å². The first-order valence-electron chi connectivity index (χ1n) is 7.86. The van der Waals surface area contributed by atoms with E-state index in [-0.39, 0.29) is 17.7 Å². The Morgan fingerprint density at radius 2 is 2.09 bits per heavy atom. The number of anilines is 1. The smallest absolute Gasteiger partial charge is 0.308 e. The Kier molecular flexibility index (Phi) is 5.77. The van der Waals surface area contributed by atoms with E-state index in [0.717, 1.165) is 12.1 Å². The van der Waals surface area contributed by atoms with Gasteiger partial charge in [0.1, 0.15) is 5.82 Å². The molecule has 1 aromatic carbocycles. The van der Waals surface area contributed by atoms with Gasteiger partial charge in [0, 0.05) is 25.7 Å². The van der Waals surface area contributed by atoms with E-state index in [1.54, 1.807) is 0 Å². The number of nitrogens with one attached hydrogen (secondary N) is 1. The van der Waals surface area contributed by atoms with Crippen molar-refractivity contribution in [3.8, 4) is 0 Å². The van der Waals surface area contributed by atoms with Gasteiger partial charge in [0.2, 0.25) is 0 Å². The number of carbonyl (C=O) groups excluding carboxylic acids is 1. The second kappa shape index (κ2) is 7.58.